The molecule has 0 aromatic carbocycles. The van der Waals surface area contributed by atoms with Gasteiger partial charge in [-0.1, -0.05) is 12.8 Å². The summed E-state index contributed by atoms with van der Waals surface area (Å²) in [5, 5.41) is 3.10. The molecule has 0 aromatic heterocycles. The van der Waals surface area contributed by atoms with Gasteiger partial charge in [0, 0.05) is 11.8 Å². The van der Waals surface area contributed by atoms with Crippen molar-refractivity contribution in [3.8, 4) is 0 Å². The van der Waals surface area contributed by atoms with Crippen molar-refractivity contribution in [3.63, 3.8) is 0 Å². The van der Waals surface area contributed by atoms with E-state index in [2.05, 4.69) is 5.32 Å². The second-order valence-corrected chi connectivity index (χ2v) is 5.19. The SMILES string of the molecule is Cl.FC1(F)C(C2CCCC2)C1C1CNC1. The first kappa shape index (κ1) is 11.6. The Kier molecular flexibility index (Phi) is 2.97. The molecule has 0 bridgehead atoms. The molecule has 0 amide bonds. The Morgan fingerprint density at radius 3 is 1.93 bits per heavy atom. The van der Waals surface area contributed by atoms with Gasteiger partial charge in [-0.25, -0.2) is 8.78 Å². The highest BCUT2D eigenvalue weighted by Gasteiger charge is 2.72. The third-order valence-corrected chi connectivity index (χ3v) is 4.40. The molecule has 1 nitrogen and oxygen atoms in total. The lowest BCUT2D eigenvalue weighted by Gasteiger charge is -2.27. The minimum Gasteiger partial charge on any atom is -0.316 e. The molecule has 3 rings (SSSR count). The first-order valence-corrected chi connectivity index (χ1v) is 5.80. The van der Waals surface area contributed by atoms with Gasteiger partial charge in [-0.15, -0.1) is 12.4 Å². The predicted octanol–water partition coefficient (Wildman–Crippen LogP) is 2.70. The molecule has 3 fully saturated rings. The molecule has 3 aliphatic rings. The zero-order valence-electron chi connectivity index (χ0n) is 8.72. The highest BCUT2D eigenvalue weighted by atomic mass is 35.5. The summed E-state index contributed by atoms with van der Waals surface area (Å²) in [6, 6.07) is 0. The summed E-state index contributed by atoms with van der Waals surface area (Å²) >= 11 is 0. The van der Waals surface area contributed by atoms with Gasteiger partial charge in [0.05, 0.1) is 0 Å². The molecule has 1 heterocycles. The lowest BCUT2D eigenvalue weighted by atomic mass is 9.91. The van der Waals surface area contributed by atoms with Gasteiger partial charge < -0.3 is 5.32 Å². The fourth-order valence-corrected chi connectivity index (χ4v) is 3.47. The van der Waals surface area contributed by atoms with E-state index < -0.39 is 5.92 Å². The van der Waals surface area contributed by atoms with Crippen molar-refractivity contribution in [2.24, 2.45) is 23.7 Å². The van der Waals surface area contributed by atoms with Crippen LogP contribution in [0, 0.1) is 23.7 Å². The van der Waals surface area contributed by atoms with Gasteiger partial charge in [-0.3, -0.25) is 0 Å². The summed E-state index contributed by atoms with van der Waals surface area (Å²) in [6.07, 6.45) is 4.45. The molecule has 0 spiro atoms. The molecular formula is C11H18ClF2N. The number of alkyl halides is 2. The Balaban J connectivity index is 0.000000853. The number of nitrogens with one attached hydrogen (secondary N) is 1. The standard InChI is InChI=1S/C11H17F2N.ClH/c12-11(13)9(7-3-1-2-4-7)10(11)8-5-14-6-8;/h7-10,14H,1-6H2;1H. The van der Waals surface area contributed by atoms with Crippen molar-refractivity contribution in [2.75, 3.05) is 13.1 Å². The lowest BCUT2D eigenvalue weighted by Crippen LogP contribution is -2.44. The fourth-order valence-electron chi connectivity index (χ4n) is 3.47. The second kappa shape index (κ2) is 3.85. The van der Waals surface area contributed by atoms with Crippen LogP contribution in [0.2, 0.25) is 0 Å². The molecule has 0 aromatic rings. The van der Waals surface area contributed by atoms with Gasteiger partial charge in [0.15, 0.2) is 0 Å². The van der Waals surface area contributed by atoms with Crippen molar-refractivity contribution in [1.29, 1.82) is 0 Å². The smallest absolute Gasteiger partial charge is 0.255 e. The number of halogens is 3. The lowest BCUT2D eigenvalue weighted by molar-refractivity contribution is 0.0606. The largest absolute Gasteiger partial charge is 0.316 e. The average molecular weight is 238 g/mol. The third-order valence-electron chi connectivity index (χ3n) is 4.40. The minimum absolute atomic E-state index is 0. The molecule has 4 heteroatoms. The van der Waals surface area contributed by atoms with E-state index in [-0.39, 0.29) is 30.2 Å². The molecule has 0 radical (unpaired) electrons. The number of rotatable bonds is 2. The monoisotopic (exact) mass is 237 g/mol. The van der Waals surface area contributed by atoms with Gasteiger partial charge in [-0.2, -0.15) is 0 Å². The van der Waals surface area contributed by atoms with E-state index in [9.17, 15) is 8.78 Å². The summed E-state index contributed by atoms with van der Waals surface area (Å²) in [5.41, 5.74) is 0. The van der Waals surface area contributed by atoms with Gasteiger partial charge in [0.25, 0.3) is 5.92 Å². The zero-order chi connectivity index (χ0) is 9.76. The molecule has 15 heavy (non-hydrogen) atoms. The fraction of sp³-hybridized carbons (Fsp3) is 1.00. The van der Waals surface area contributed by atoms with Crippen LogP contribution in [0.5, 0.6) is 0 Å². The van der Waals surface area contributed by atoms with Crippen LogP contribution in [-0.2, 0) is 0 Å². The van der Waals surface area contributed by atoms with E-state index in [4.69, 9.17) is 0 Å². The third kappa shape index (κ3) is 1.68. The Morgan fingerprint density at radius 2 is 1.47 bits per heavy atom. The zero-order valence-corrected chi connectivity index (χ0v) is 9.53. The van der Waals surface area contributed by atoms with Gasteiger partial charge >= 0.3 is 0 Å². The molecule has 1 aliphatic heterocycles. The Morgan fingerprint density at radius 1 is 0.933 bits per heavy atom. The molecular weight excluding hydrogens is 220 g/mol. The Hall–Kier alpha value is 0.110. The van der Waals surface area contributed by atoms with Crippen molar-refractivity contribution in [1.82, 2.24) is 5.32 Å². The maximum atomic E-state index is 13.6. The van der Waals surface area contributed by atoms with Crippen LogP contribution in [-0.4, -0.2) is 19.0 Å². The van der Waals surface area contributed by atoms with Crippen molar-refractivity contribution >= 4 is 12.4 Å². The Bertz CT molecular complexity index is 237. The van der Waals surface area contributed by atoms with Crippen LogP contribution in [0.25, 0.3) is 0 Å². The first-order chi connectivity index (χ1) is 6.71. The molecule has 1 saturated heterocycles. The number of hydrogen-bond acceptors (Lipinski definition) is 1. The van der Waals surface area contributed by atoms with Crippen molar-refractivity contribution in [2.45, 2.75) is 31.6 Å². The van der Waals surface area contributed by atoms with Crippen LogP contribution < -0.4 is 5.32 Å². The van der Waals surface area contributed by atoms with Crippen molar-refractivity contribution < 1.29 is 8.78 Å². The molecule has 2 unspecified atom stereocenters. The molecule has 88 valence electrons. The first-order valence-electron chi connectivity index (χ1n) is 5.80. The summed E-state index contributed by atoms with van der Waals surface area (Å²) in [6.45, 7) is 1.65. The van der Waals surface area contributed by atoms with Crippen LogP contribution in [0.1, 0.15) is 25.7 Å². The van der Waals surface area contributed by atoms with E-state index in [1.54, 1.807) is 0 Å². The second-order valence-electron chi connectivity index (χ2n) is 5.19. The Labute approximate surface area is 95.4 Å². The van der Waals surface area contributed by atoms with Crippen LogP contribution in [0.3, 0.4) is 0 Å². The highest BCUT2D eigenvalue weighted by molar-refractivity contribution is 5.85. The summed E-state index contributed by atoms with van der Waals surface area (Å²) in [7, 11) is 0. The molecule has 2 saturated carbocycles. The van der Waals surface area contributed by atoms with E-state index in [1.165, 1.54) is 12.8 Å². The maximum Gasteiger partial charge on any atom is 0.255 e. The van der Waals surface area contributed by atoms with E-state index >= 15 is 0 Å². The quantitative estimate of drug-likeness (QED) is 0.779. The van der Waals surface area contributed by atoms with Crippen molar-refractivity contribution in [3.05, 3.63) is 0 Å². The van der Waals surface area contributed by atoms with Crippen LogP contribution in [0.4, 0.5) is 8.78 Å². The summed E-state index contributed by atoms with van der Waals surface area (Å²) in [4.78, 5) is 0. The van der Waals surface area contributed by atoms with Gasteiger partial charge in [0.1, 0.15) is 0 Å². The van der Waals surface area contributed by atoms with Gasteiger partial charge in [-0.05, 0) is 37.8 Å². The highest BCUT2D eigenvalue weighted by Crippen LogP contribution is 2.65. The predicted molar refractivity (Wildman–Crippen MR) is 57.5 cm³/mol. The van der Waals surface area contributed by atoms with Gasteiger partial charge in [0.2, 0.25) is 0 Å². The molecule has 2 atom stereocenters. The molecule has 1 N–H and O–H groups in total. The van der Waals surface area contributed by atoms with E-state index in [0.717, 1.165) is 25.9 Å². The van der Waals surface area contributed by atoms with E-state index in [0.29, 0.717) is 5.92 Å². The average Bonchev–Trinajstić information content (AvgIpc) is 2.52. The summed E-state index contributed by atoms with van der Waals surface area (Å²) < 4.78 is 27.1. The molecule has 2 aliphatic carbocycles. The minimum atomic E-state index is -2.32. The number of hydrogen-bond donors (Lipinski definition) is 1. The topological polar surface area (TPSA) is 12.0 Å². The normalized spacial score (nSPS) is 39.6. The van der Waals surface area contributed by atoms with E-state index in [1.807, 2.05) is 0 Å². The summed E-state index contributed by atoms with van der Waals surface area (Å²) in [5.74, 6) is -2.22. The van der Waals surface area contributed by atoms with Crippen LogP contribution >= 0.6 is 12.4 Å². The maximum absolute atomic E-state index is 13.6. The van der Waals surface area contributed by atoms with Crippen LogP contribution in [0.15, 0.2) is 0 Å².